The lowest BCUT2D eigenvalue weighted by atomic mass is 10.1. The van der Waals surface area contributed by atoms with Crippen molar-refractivity contribution in [3.05, 3.63) is 58.6 Å². The highest BCUT2D eigenvalue weighted by Crippen LogP contribution is 2.22. The predicted molar refractivity (Wildman–Crippen MR) is 85.8 cm³/mol. The zero-order chi connectivity index (χ0) is 14.5. The summed E-state index contributed by atoms with van der Waals surface area (Å²) in [6, 6.07) is 15.2. The fourth-order valence-electron chi connectivity index (χ4n) is 1.88. The van der Waals surface area contributed by atoms with E-state index in [1.165, 1.54) is 5.56 Å². The summed E-state index contributed by atoms with van der Waals surface area (Å²) in [4.78, 5) is 10.7. The highest BCUT2D eigenvalue weighted by molar-refractivity contribution is 9.10. The topological polar surface area (TPSA) is 67.2 Å². The van der Waals surface area contributed by atoms with Crippen LogP contribution in [0, 0.1) is 0 Å². The lowest BCUT2D eigenvalue weighted by Gasteiger charge is -2.16. The van der Waals surface area contributed by atoms with Crippen molar-refractivity contribution >= 4 is 33.3 Å². The molecule has 0 radical (unpaired) electrons. The number of rotatable bonds is 4. The number of hydrogen-bond donors (Lipinski definition) is 3. The van der Waals surface area contributed by atoms with Gasteiger partial charge in [0.1, 0.15) is 0 Å². The minimum atomic E-state index is -0.561. The number of nitrogens with two attached hydrogens (primary N) is 1. The molecule has 0 aromatic heterocycles. The van der Waals surface area contributed by atoms with E-state index in [1.54, 1.807) is 12.1 Å². The van der Waals surface area contributed by atoms with E-state index in [2.05, 4.69) is 45.6 Å². The third kappa shape index (κ3) is 3.99. The number of urea groups is 1. The molecule has 0 aliphatic rings. The first-order valence-corrected chi connectivity index (χ1v) is 7.02. The SMILES string of the molecule is CC(Nc1ccc(NC(N)=O)cc1)c1ccc(Br)cc1. The molecule has 0 bridgehead atoms. The number of carbonyl (C=O) groups excluding carboxylic acids is 1. The van der Waals surface area contributed by atoms with Crippen molar-refractivity contribution in [2.75, 3.05) is 10.6 Å². The van der Waals surface area contributed by atoms with E-state index in [9.17, 15) is 4.79 Å². The molecule has 2 amide bonds. The van der Waals surface area contributed by atoms with Crippen molar-refractivity contribution < 1.29 is 4.79 Å². The van der Waals surface area contributed by atoms with Crippen molar-refractivity contribution in [3.8, 4) is 0 Å². The van der Waals surface area contributed by atoms with Crippen molar-refractivity contribution in [1.29, 1.82) is 0 Å². The van der Waals surface area contributed by atoms with Gasteiger partial charge in [-0.1, -0.05) is 28.1 Å². The summed E-state index contributed by atoms with van der Waals surface area (Å²) in [7, 11) is 0. The largest absolute Gasteiger partial charge is 0.379 e. The maximum absolute atomic E-state index is 10.7. The number of hydrogen-bond acceptors (Lipinski definition) is 2. The van der Waals surface area contributed by atoms with Gasteiger partial charge >= 0.3 is 6.03 Å². The lowest BCUT2D eigenvalue weighted by molar-refractivity contribution is 0.259. The van der Waals surface area contributed by atoms with Crippen LogP contribution >= 0.6 is 15.9 Å². The molecule has 1 unspecified atom stereocenters. The second-order valence-electron chi connectivity index (χ2n) is 4.48. The van der Waals surface area contributed by atoms with Gasteiger partial charge in [-0.25, -0.2) is 4.79 Å². The van der Waals surface area contributed by atoms with E-state index in [0.29, 0.717) is 5.69 Å². The molecule has 0 spiro atoms. The van der Waals surface area contributed by atoms with Crippen molar-refractivity contribution in [3.63, 3.8) is 0 Å². The van der Waals surface area contributed by atoms with Gasteiger partial charge in [-0.3, -0.25) is 0 Å². The molecule has 2 aromatic rings. The molecule has 0 heterocycles. The van der Waals surface area contributed by atoms with Gasteiger partial charge in [0, 0.05) is 21.9 Å². The first kappa shape index (κ1) is 14.4. The molecule has 0 saturated carbocycles. The third-order valence-electron chi connectivity index (χ3n) is 2.91. The molecular weight excluding hydrogens is 318 g/mol. The Labute approximate surface area is 126 Å². The fourth-order valence-corrected chi connectivity index (χ4v) is 2.14. The Morgan fingerprint density at radius 1 is 1.05 bits per heavy atom. The molecular formula is C15H16BrN3O. The molecule has 2 rings (SSSR count). The van der Waals surface area contributed by atoms with Crippen LogP contribution in [0.25, 0.3) is 0 Å². The zero-order valence-corrected chi connectivity index (χ0v) is 12.6. The summed E-state index contributed by atoms with van der Waals surface area (Å²) < 4.78 is 1.07. The number of halogens is 1. The summed E-state index contributed by atoms with van der Waals surface area (Å²) in [6.45, 7) is 2.10. The minimum Gasteiger partial charge on any atom is -0.379 e. The predicted octanol–water partition coefficient (Wildman–Crippen LogP) is 4.11. The van der Waals surface area contributed by atoms with Crippen LogP contribution in [0.2, 0.25) is 0 Å². The van der Waals surface area contributed by atoms with Gasteiger partial charge in [0.2, 0.25) is 0 Å². The number of amides is 2. The van der Waals surface area contributed by atoms with Crippen LogP contribution in [-0.4, -0.2) is 6.03 Å². The summed E-state index contributed by atoms with van der Waals surface area (Å²) in [5, 5.41) is 5.93. The van der Waals surface area contributed by atoms with Gasteiger partial charge in [-0.05, 0) is 48.9 Å². The summed E-state index contributed by atoms with van der Waals surface area (Å²) in [5.74, 6) is 0. The molecule has 20 heavy (non-hydrogen) atoms. The van der Waals surface area contributed by atoms with Crippen LogP contribution in [0.1, 0.15) is 18.5 Å². The lowest BCUT2D eigenvalue weighted by Crippen LogP contribution is -2.19. The molecule has 1 atom stereocenters. The van der Waals surface area contributed by atoms with Gasteiger partial charge in [-0.2, -0.15) is 0 Å². The van der Waals surface area contributed by atoms with Crippen LogP contribution in [0.15, 0.2) is 53.0 Å². The highest BCUT2D eigenvalue weighted by atomic mass is 79.9. The van der Waals surface area contributed by atoms with Crippen LogP contribution < -0.4 is 16.4 Å². The van der Waals surface area contributed by atoms with Crippen molar-refractivity contribution in [1.82, 2.24) is 0 Å². The molecule has 4 N–H and O–H groups in total. The number of benzene rings is 2. The second-order valence-corrected chi connectivity index (χ2v) is 5.40. The van der Waals surface area contributed by atoms with E-state index in [4.69, 9.17) is 5.73 Å². The molecule has 4 nitrogen and oxygen atoms in total. The molecule has 104 valence electrons. The maximum Gasteiger partial charge on any atom is 0.316 e. The summed E-state index contributed by atoms with van der Waals surface area (Å²) in [5.41, 5.74) is 7.93. The first-order valence-electron chi connectivity index (χ1n) is 6.23. The Kier molecular flexibility index (Phi) is 4.63. The Bertz CT molecular complexity index is 581. The average Bonchev–Trinajstić information content (AvgIpc) is 2.41. The standard InChI is InChI=1S/C15H16BrN3O/c1-10(11-2-4-12(16)5-3-11)18-13-6-8-14(9-7-13)19-15(17)20/h2-10,18H,1H3,(H3,17,19,20). The van der Waals surface area contributed by atoms with Crippen LogP contribution in [0.5, 0.6) is 0 Å². The second kappa shape index (κ2) is 6.43. The molecule has 5 heteroatoms. The Hall–Kier alpha value is -2.01. The molecule has 0 fully saturated rings. The van der Waals surface area contributed by atoms with Gasteiger partial charge in [0.15, 0.2) is 0 Å². The first-order chi connectivity index (χ1) is 9.54. The van der Waals surface area contributed by atoms with E-state index in [1.807, 2.05) is 24.3 Å². The van der Waals surface area contributed by atoms with Crippen LogP contribution in [0.3, 0.4) is 0 Å². The van der Waals surface area contributed by atoms with Gasteiger partial charge in [0.05, 0.1) is 0 Å². The molecule has 0 aliphatic carbocycles. The normalized spacial score (nSPS) is 11.7. The van der Waals surface area contributed by atoms with Crippen molar-refractivity contribution in [2.45, 2.75) is 13.0 Å². The number of anilines is 2. The molecule has 0 saturated heterocycles. The average molecular weight is 334 g/mol. The minimum absolute atomic E-state index is 0.193. The number of nitrogens with one attached hydrogen (secondary N) is 2. The van der Waals surface area contributed by atoms with Gasteiger partial charge < -0.3 is 16.4 Å². The van der Waals surface area contributed by atoms with E-state index >= 15 is 0 Å². The third-order valence-corrected chi connectivity index (χ3v) is 3.43. The van der Waals surface area contributed by atoms with Crippen LogP contribution in [-0.2, 0) is 0 Å². The molecule has 0 aliphatic heterocycles. The van der Waals surface area contributed by atoms with Gasteiger partial charge in [0.25, 0.3) is 0 Å². The summed E-state index contributed by atoms with van der Waals surface area (Å²) in [6.07, 6.45) is 0. The van der Waals surface area contributed by atoms with Crippen LogP contribution in [0.4, 0.5) is 16.2 Å². The van der Waals surface area contributed by atoms with E-state index in [-0.39, 0.29) is 6.04 Å². The Morgan fingerprint density at radius 2 is 1.60 bits per heavy atom. The Morgan fingerprint density at radius 3 is 2.15 bits per heavy atom. The van der Waals surface area contributed by atoms with Crippen molar-refractivity contribution in [2.24, 2.45) is 5.73 Å². The quantitative estimate of drug-likeness (QED) is 0.788. The monoisotopic (exact) mass is 333 g/mol. The number of carbonyl (C=O) groups is 1. The zero-order valence-electron chi connectivity index (χ0n) is 11.1. The van der Waals surface area contributed by atoms with E-state index < -0.39 is 6.03 Å². The van der Waals surface area contributed by atoms with E-state index in [0.717, 1.165) is 10.2 Å². The Balaban J connectivity index is 2.02. The highest BCUT2D eigenvalue weighted by Gasteiger charge is 2.05. The fraction of sp³-hybridized carbons (Fsp3) is 0.133. The summed E-state index contributed by atoms with van der Waals surface area (Å²) >= 11 is 3.42. The smallest absolute Gasteiger partial charge is 0.316 e. The van der Waals surface area contributed by atoms with Gasteiger partial charge in [-0.15, -0.1) is 0 Å². The molecule has 2 aromatic carbocycles. The number of primary amides is 1. The maximum atomic E-state index is 10.7.